The Morgan fingerprint density at radius 1 is 1.11 bits per heavy atom. The highest BCUT2D eigenvalue weighted by Gasteiger charge is 2.39. The van der Waals surface area contributed by atoms with E-state index in [2.05, 4.69) is 67.5 Å². The Bertz CT molecular complexity index is 1720. The van der Waals surface area contributed by atoms with Gasteiger partial charge in [0.25, 0.3) is 0 Å². The van der Waals surface area contributed by atoms with Crippen LogP contribution < -0.4 is 9.64 Å². The summed E-state index contributed by atoms with van der Waals surface area (Å²) in [5, 5.41) is 9.61. The average Bonchev–Trinajstić information content (AvgIpc) is 3.49. The van der Waals surface area contributed by atoms with Crippen molar-refractivity contribution in [3.63, 3.8) is 0 Å². The molecule has 0 amide bonds. The number of ether oxygens (including phenoxy) is 1. The van der Waals surface area contributed by atoms with Gasteiger partial charge in [0.2, 0.25) is 0 Å². The van der Waals surface area contributed by atoms with Gasteiger partial charge in [-0.3, -0.25) is 4.68 Å². The number of hydrogen-bond donors (Lipinski definition) is 0. The molecule has 4 aromatic rings. The summed E-state index contributed by atoms with van der Waals surface area (Å²) in [6.45, 7) is 21.5. The van der Waals surface area contributed by atoms with Crippen LogP contribution in [-0.2, 0) is 17.5 Å². The Balaban J connectivity index is 1.35. The molecule has 0 unspecified atom stereocenters. The molecule has 0 bridgehead atoms. The highest BCUT2D eigenvalue weighted by atomic mass is 35.5. The summed E-state index contributed by atoms with van der Waals surface area (Å²) in [6, 6.07) is 6.25. The number of rotatable bonds is 11. The summed E-state index contributed by atoms with van der Waals surface area (Å²) < 4.78 is 20.9. The maximum absolute atomic E-state index is 6.88. The van der Waals surface area contributed by atoms with E-state index in [4.69, 9.17) is 35.3 Å². The van der Waals surface area contributed by atoms with Gasteiger partial charge < -0.3 is 18.6 Å². The van der Waals surface area contributed by atoms with Crippen molar-refractivity contribution in [2.24, 2.45) is 0 Å². The smallest absolute Gasteiger partial charge is 0.192 e. The van der Waals surface area contributed by atoms with Crippen molar-refractivity contribution < 1.29 is 13.7 Å². The minimum absolute atomic E-state index is 0.0155. The SMILES string of the molecule is CCC[C@H](COc1ccc(Cl)c(-c2nc(-c3c(C)noc3C)c(C)c(N3Cc4cnn(C5CC5)c4C3)n2)c1)O[Si](C)(C)C(C)(C)C. The zero-order chi connectivity index (χ0) is 33.0. The average molecular weight is 663 g/mol. The fourth-order valence-corrected chi connectivity index (χ4v) is 7.57. The van der Waals surface area contributed by atoms with Crippen molar-refractivity contribution in [1.82, 2.24) is 24.9 Å². The van der Waals surface area contributed by atoms with Gasteiger partial charge in [0.15, 0.2) is 14.1 Å². The number of aromatic nitrogens is 5. The zero-order valence-corrected chi connectivity index (χ0v) is 30.5. The first kappa shape index (κ1) is 32.7. The number of benzene rings is 1. The lowest BCUT2D eigenvalue weighted by atomic mass is 10.0. The highest BCUT2D eigenvalue weighted by Crippen LogP contribution is 2.42. The standard InChI is InChI=1S/C35H47ClN6O3Si/c1-10-11-27(45-46(8,9)35(5,6)7)20-43-26-14-15-29(36)28(16-26)33-38-32(31-22(3)40-44-23(31)4)21(2)34(39-33)41-18-24-17-37-42(25-12-13-25)30(24)19-41/h14-17,25,27H,10-13,18-20H2,1-9H3/t27-/m1/s1. The van der Waals surface area contributed by atoms with E-state index in [1.807, 2.05) is 38.2 Å². The van der Waals surface area contributed by atoms with Crippen LogP contribution in [0.4, 0.5) is 5.82 Å². The molecule has 1 fully saturated rings. The van der Waals surface area contributed by atoms with Crippen molar-refractivity contribution in [3.8, 4) is 28.4 Å². The molecule has 1 atom stereocenters. The van der Waals surface area contributed by atoms with Crippen LogP contribution in [0, 0.1) is 20.8 Å². The molecule has 6 rings (SSSR count). The van der Waals surface area contributed by atoms with Gasteiger partial charge in [-0.1, -0.05) is 50.9 Å². The molecule has 1 aromatic carbocycles. The van der Waals surface area contributed by atoms with Gasteiger partial charge in [-0.25, -0.2) is 9.97 Å². The first-order valence-electron chi connectivity index (χ1n) is 16.5. The molecule has 3 aromatic heterocycles. The predicted octanol–water partition coefficient (Wildman–Crippen LogP) is 9.00. The molecule has 0 saturated heterocycles. The Hall–Kier alpha value is -3.21. The fraction of sp³-hybridized carbons (Fsp3) is 0.543. The second kappa shape index (κ2) is 12.4. The van der Waals surface area contributed by atoms with Crippen LogP contribution in [0.5, 0.6) is 5.75 Å². The Morgan fingerprint density at radius 3 is 2.52 bits per heavy atom. The molecule has 4 heterocycles. The first-order chi connectivity index (χ1) is 21.8. The van der Waals surface area contributed by atoms with Crippen LogP contribution in [0.25, 0.3) is 22.6 Å². The van der Waals surface area contributed by atoms with Crippen molar-refractivity contribution >= 4 is 25.7 Å². The van der Waals surface area contributed by atoms with E-state index in [9.17, 15) is 0 Å². The number of halogens is 1. The van der Waals surface area contributed by atoms with E-state index in [1.165, 1.54) is 24.1 Å². The maximum Gasteiger partial charge on any atom is 0.192 e. The van der Waals surface area contributed by atoms with Crippen LogP contribution in [0.3, 0.4) is 0 Å². The van der Waals surface area contributed by atoms with Gasteiger partial charge in [0.05, 0.1) is 52.6 Å². The molecule has 0 spiro atoms. The molecular formula is C35H47ClN6O3Si. The number of hydrogen-bond acceptors (Lipinski definition) is 8. The van der Waals surface area contributed by atoms with Gasteiger partial charge in [-0.15, -0.1) is 0 Å². The largest absolute Gasteiger partial charge is 0.491 e. The third kappa shape index (κ3) is 6.36. The molecule has 0 N–H and O–H groups in total. The van der Waals surface area contributed by atoms with Crippen molar-refractivity contribution in [2.45, 2.75) is 118 Å². The van der Waals surface area contributed by atoms with Crippen molar-refractivity contribution in [3.05, 3.63) is 57.7 Å². The third-order valence-corrected chi connectivity index (χ3v) is 14.6. The van der Waals surface area contributed by atoms with E-state index >= 15 is 0 Å². The highest BCUT2D eigenvalue weighted by molar-refractivity contribution is 6.74. The number of anilines is 1. The van der Waals surface area contributed by atoms with Gasteiger partial charge >= 0.3 is 0 Å². The zero-order valence-electron chi connectivity index (χ0n) is 28.7. The lowest BCUT2D eigenvalue weighted by molar-refractivity contribution is 0.107. The molecule has 46 heavy (non-hydrogen) atoms. The summed E-state index contributed by atoms with van der Waals surface area (Å²) in [5.74, 6) is 2.83. The Labute approximate surface area is 278 Å². The molecule has 11 heteroatoms. The predicted molar refractivity (Wildman–Crippen MR) is 185 cm³/mol. The summed E-state index contributed by atoms with van der Waals surface area (Å²) in [6.07, 6.45) is 6.38. The van der Waals surface area contributed by atoms with E-state index in [0.29, 0.717) is 34.8 Å². The lowest BCUT2D eigenvalue weighted by Gasteiger charge is -2.39. The monoisotopic (exact) mass is 662 g/mol. The maximum atomic E-state index is 6.88. The molecule has 9 nitrogen and oxygen atoms in total. The van der Waals surface area contributed by atoms with Crippen LogP contribution in [0.1, 0.15) is 87.7 Å². The molecular weight excluding hydrogens is 616 g/mol. The summed E-state index contributed by atoms with van der Waals surface area (Å²) in [7, 11) is -1.95. The lowest BCUT2D eigenvalue weighted by Crippen LogP contribution is -2.45. The van der Waals surface area contributed by atoms with Crippen LogP contribution in [-0.4, -0.2) is 45.9 Å². The molecule has 1 aliphatic heterocycles. The van der Waals surface area contributed by atoms with Gasteiger partial charge in [-0.05, 0) is 76.4 Å². The number of nitrogens with zero attached hydrogens (tertiary/aromatic N) is 6. The topological polar surface area (TPSA) is 91.3 Å². The normalized spacial score (nSPS) is 15.8. The van der Waals surface area contributed by atoms with Gasteiger partial charge in [-0.2, -0.15) is 5.10 Å². The quantitative estimate of drug-likeness (QED) is 0.147. The Kier molecular flexibility index (Phi) is 8.84. The first-order valence-corrected chi connectivity index (χ1v) is 19.8. The van der Waals surface area contributed by atoms with E-state index in [-0.39, 0.29) is 11.1 Å². The minimum atomic E-state index is -1.95. The van der Waals surface area contributed by atoms with Crippen LogP contribution >= 0.6 is 11.6 Å². The van der Waals surface area contributed by atoms with Crippen LogP contribution in [0.2, 0.25) is 23.2 Å². The summed E-state index contributed by atoms with van der Waals surface area (Å²) in [4.78, 5) is 12.6. The van der Waals surface area contributed by atoms with Crippen molar-refractivity contribution in [1.29, 1.82) is 0 Å². The Morgan fingerprint density at radius 2 is 1.87 bits per heavy atom. The van der Waals surface area contributed by atoms with Gasteiger partial charge in [0, 0.05) is 23.2 Å². The van der Waals surface area contributed by atoms with E-state index in [1.54, 1.807) is 0 Å². The molecule has 246 valence electrons. The second-order valence-corrected chi connectivity index (χ2v) is 19.6. The van der Waals surface area contributed by atoms with E-state index in [0.717, 1.165) is 60.0 Å². The second-order valence-electron chi connectivity index (χ2n) is 14.4. The van der Waals surface area contributed by atoms with Crippen LogP contribution in [0.15, 0.2) is 28.9 Å². The summed E-state index contributed by atoms with van der Waals surface area (Å²) >= 11 is 6.88. The third-order valence-electron chi connectivity index (χ3n) is 9.76. The molecule has 1 saturated carbocycles. The van der Waals surface area contributed by atoms with Gasteiger partial charge in [0.1, 0.15) is 23.9 Å². The van der Waals surface area contributed by atoms with Crippen molar-refractivity contribution in [2.75, 3.05) is 11.5 Å². The minimum Gasteiger partial charge on any atom is -0.491 e. The van der Waals surface area contributed by atoms with E-state index < -0.39 is 8.32 Å². The molecule has 2 aliphatic rings. The number of aryl methyl sites for hydroxylation is 2. The number of fused-ring (bicyclic) bond motifs is 1. The fourth-order valence-electron chi connectivity index (χ4n) is 6.00. The summed E-state index contributed by atoms with van der Waals surface area (Å²) in [5.41, 5.74) is 6.68. The molecule has 0 radical (unpaired) electrons. The molecule has 1 aliphatic carbocycles.